The van der Waals surface area contributed by atoms with Gasteiger partial charge in [0.25, 0.3) is 5.91 Å². The third-order valence-corrected chi connectivity index (χ3v) is 5.21. The monoisotopic (exact) mass is 382 g/mol. The lowest BCUT2D eigenvalue weighted by Gasteiger charge is -2.35. The van der Waals surface area contributed by atoms with Gasteiger partial charge in [0.15, 0.2) is 0 Å². The van der Waals surface area contributed by atoms with Crippen molar-refractivity contribution >= 4 is 30.7 Å². The van der Waals surface area contributed by atoms with Crippen LogP contribution >= 0.6 is 24.8 Å². The Bertz CT molecular complexity index is 695. The highest BCUT2D eigenvalue weighted by Crippen LogP contribution is 2.30. The first-order valence-corrected chi connectivity index (χ1v) is 8.32. The van der Waals surface area contributed by atoms with Crippen LogP contribution in [0.1, 0.15) is 36.0 Å². The van der Waals surface area contributed by atoms with Crippen molar-refractivity contribution in [3.63, 3.8) is 0 Å². The summed E-state index contributed by atoms with van der Waals surface area (Å²) in [5.74, 6) is 0.110. The topological polar surface area (TPSA) is 50.2 Å². The Morgan fingerprint density at radius 1 is 1.24 bits per heavy atom. The largest absolute Gasteiger partial charge is 0.339 e. The molecule has 1 N–H and O–H groups in total. The predicted octanol–water partition coefficient (Wildman–Crippen LogP) is 3.07. The van der Waals surface area contributed by atoms with Crippen molar-refractivity contribution in [2.45, 2.75) is 43.8 Å². The number of nitrogens with zero attached hydrogens (tertiary/aromatic N) is 3. The molecule has 25 heavy (non-hydrogen) atoms. The van der Waals surface area contributed by atoms with E-state index in [1.54, 1.807) is 12.5 Å². The summed E-state index contributed by atoms with van der Waals surface area (Å²) in [5, 5.41) is 3.63. The number of nitrogens with one attached hydrogen (secondary N) is 1. The van der Waals surface area contributed by atoms with Crippen LogP contribution in [0, 0.1) is 0 Å². The van der Waals surface area contributed by atoms with E-state index in [1.165, 1.54) is 12.8 Å². The fraction of sp³-hybridized carbons (Fsp3) is 0.444. The molecule has 2 aliphatic rings. The van der Waals surface area contributed by atoms with E-state index < -0.39 is 0 Å². The molecule has 0 spiro atoms. The highest BCUT2D eigenvalue weighted by Gasteiger charge is 2.36. The Morgan fingerprint density at radius 3 is 2.60 bits per heavy atom. The standard InChI is InChI=1S/C18H22N4O.2ClH/c1-21(17-10-14-5-6-15(11-17)20-14)18(23)13-3-2-4-16(9-13)22-8-7-19-12-22;;/h2-4,7-9,12,14-15,17,20H,5-6,10-11H2,1H3;2*1H. The van der Waals surface area contributed by atoms with Gasteiger partial charge in [-0.05, 0) is 43.9 Å². The number of aromatic nitrogens is 2. The highest BCUT2D eigenvalue weighted by atomic mass is 35.5. The van der Waals surface area contributed by atoms with E-state index in [1.807, 2.05) is 47.0 Å². The minimum atomic E-state index is 0. The molecule has 2 atom stereocenters. The average molecular weight is 383 g/mol. The van der Waals surface area contributed by atoms with E-state index in [4.69, 9.17) is 0 Å². The molecule has 1 aromatic heterocycles. The maximum atomic E-state index is 12.9. The fourth-order valence-corrected chi connectivity index (χ4v) is 3.92. The second-order valence-corrected chi connectivity index (χ2v) is 6.70. The van der Waals surface area contributed by atoms with Crippen LogP contribution in [-0.2, 0) is 0 Å². The summed E-state index contributed by atoms with van der Waals surface area (Å²) in [6, 6.07) is 9.28. The van der Waals surface area contributed by atoms with Crippen LogP contribution in [0.4, 0.5) is 0 Å². The quantitative estimate of drug-likeness (QED) is 0.887. The minimum Gasteiger partial charge on any atom is -0.339 e. The van der Waals surface area contributed by atoms with E-state index in [2.05, 4.69) is 10.3 Å². The summed E-state index contributed by atoms with van der Waals surface area (Å²) in [4.78, 5) is 18.9. The van der Waals surface area contributed by atoms with Gasteiger partial charge in [-0.15, -0.1) is 24.8 Å². The summed E-state index contributed by atoms with van der Waals surface area (Å²) >= 11 is 0. The van der Waals surface area contributed by atoms with Gasteiger partial charge in [-0.1, -0.05) is 6.07 Å². The molecule has 2 saturated heterocycles. The molecule has 2 bridgehead atoms. The minimum absolute atomic E-state index is 0. The zero-order valence-corrected chi connectivity index (χ0v) is 15.8. The molecule has 5 nitrogen and oxygen atoms in total. The number of benzene rings is 1. The number of hydrogen-bond donors (Lipinski definition) is 1. The molecule has 2 fully saturated rings. The lowest BCUT2D eigenvalue weighted by atomic mass is 9.98. The van der Waals surface area contributed by atoms with Crippen molar-refractivity contribution in [1.29, 1.82) is 0 Å². The van der Waals surface area contributed by atoms with E-state index in [-0.39, 0.29) is 30.7 Å². The van der Waals surface area contributed by atoms with Gasteiger partial charge in [0.05, 0.1) is 6.33 Å². The number of imidazole rings is 1. The van der Waals surface area contributed by atoms with Crippen LogP contribution in [0.3, 0.4) is 0 Å². The molecule has 2 aromatic rings. The van der Waals surface area contributed by atoms with Crippen LogP contribution in [-0.4, -0.2) is 45.5 Å². The molecule has 1 amide bonds. The van der Waals surface area contributed by atoms with Crippen LogP contribution in [0.5, 0.6) is 0 Å². The summed E-state index contributed by atoms with van der Waals surface area (Å²) in [7, 11) is 1.95. The third kappa shape index (κ3) is 4.00. The molecule has 4 rings (SSSR count). The van der Waals surface area contributed by atoms with Crippen molar-refractivity contribution in [3.05, 3.63) is 48.5 Å². The normalized spacial score (nSPS) is 24.1. The number of rotatable bonds is 3. The Hall–Kier alpha value is -1.56. The van der Waals surface area contributed by atoms with E-state index in [0.717, 1.165) is 24.1 Å². The summed E-state index contributed by atoms with van der Waals surface area (Å²) < 4.78 is 1.92. The fourth-order valence-electron chi connectivity index (χ4n) is 3.92. The number of fused-ring (bicyclic) bond motifs is 2. The van der Waals surface area contributed by atoms with Gasteiger partial charge in [0, 0.05) is 48.8 Å². The number of carbonyl (C=O) groups excluding carboxylic acids is 1. The van der Waals surface area contributed by atoms with Gasteiger partial charge in [-0.3, -0.25) is 4.79 Å². The van der Waals surface area contributed by atoms with Crippen LogP contribution < -0.4 is 5.32 Å². The molecule has 0 saturated carbocycles. The van der Waals surface area contributed by atoms with E-state index in [0.29, 0.717) is 18.1 Å². The first-order valence-electron chi connectivity index (χ1n) is 8.32. The van der Waals surface area contributed by atoms with E-state index >= 15 is 0 Å². The summed E-state index contributed by atoms with van der Waals surface area (Å²) in [6.07, 6.45) is 10.0. The van der Waals surface area contributed by atoms with Gasteiger partial charge in [-0.2, -0.15) is 0 Å². The van der Waals surface area contributed by atoms with Gasteiger partial charge >= 0.3 is 0 Å². The number of hydrogen-bond acceptors (Lipinski definition) is 3. The van der Waals surface area contributed by atoms with Crippen LogP contribution in [0.15, 0.2) is 43.0 Å². The highest BCUT2D eigenvalue weighted by molar-refractivity contribution is 5.94. The van der Waals surface area contributed by atoms with Crippen molar-refractivity contribution in [2.24, 2.45) is 0 Å². The zero-order chi connectivity index (χ0) is 15.8. The first-order chi connectivity index (χ1) is 11.2. The van der Waals surface area contributed by atoms with Gasteiger partial charge in [0.1, 0.15) is 0 Å². The van der Waals surface area contributed by atoms with Crippen molar-refractivity contribution in [3.8, 4) is 5.69 Å². The number of carbonyl (C=O) groups is 1. The molecule has 3 heterocycles. The molecule has 0 radical (unpaired) electrons. The van der Waals surface area contributed by atoms with Crippen LogP contribution in [0.2, 0.25) is 0 Å². The smallest absolute Gasteiger partial charge is 0.253 e. The van der Waals surface area contributed by atoms with E-state index in [9.17, 15) is 4.79 Å². The molecule has 2 unspecified atom stereocenters. The van der Waals surface area contributed by atoms with Gasteiger partial charge in [-0.25, -0.2) is 4.98 Å². The Balaban J connectivity index is 0.00000113. The SMILES string of the molecule is CN(C(=O)c1cccc(-n2ccnc2)c1)C1CC2CCC(C1)N2.Cl.Cl. The second-order valence-electron chi connectivity index (χ2n) is 6.70. The van der Waals surface area contributed by atoms with Crippen molar-refractivity contribution < 1.29 is 4.79 Å². The lowest BCUT2D eigenvalue weighted by Crippen LogP contribution is -2.48. The van der Waals surface area contributed by atoms with Crippen molar-refractivity contribution in [1.82, 2.24) is 19.8 Å². The van der Waals surface area contributed by atoms with Gasteiger partial charge < -0.3 is 14.8 Å². The maximum Gasteiger partial charge on any atom is 0.253 e. The molecule has 0 aliphatic carbocycles. The number of amides is 1. The van der Waals surface area contributed by atoms with Gasteiger partial charge in [0.2, 0.25) is 0 Å². The Labute approximate surface area is 160 Å². The number of piperidine rings is 1. The second kappa shape index (κ2) is 8.21. The predicted molar refractivity (Wildman–Crippen MR) is 103 cm³/mol. The molecule has 7 heteroatoms. The molecule has 2 aliphatic heterocycles. The molecular weight excluding hydrogens is 359 g/mol. The van der Waals surface area contributed by atoms with Crippen LogP contribution in [0.25, 0.3) is 5.69 Å². The lowest BCUT2D eigenvalue weighted by molar-refractivity contribution is 0.0681. The van der Waals surface area contributed by atoms with Crippen molar-refractivity contribution in [2.75, 3.05) is 7.05 Å². The average Bonchev–Trinajstić information content (AvgIpc) is 3.23. The summed E-state index contributed by atoms with van der Waals surface area (Å²) in [5.41, 5.74) is 1.71. The number of halogens is 2. The molecule has 1 aromatic carbocycles. The maximum absolute atomic E-state index is 12.9. The third-order valence-electron chi connectivity index (χ3n) is 5.21. The Morgan fingerprint density at radius 2 is 1.96 bits per heavy atom. The zero-order valence-electron chi connectivity index (χ0n) is 14.2. The first kappa shape index (κ1) is 19.8. The summed E-state index contributed by atoms with van der Waals surface area (Å²) in [6.45, 7) is 0. The Kier molecular flexibility index (Phi) is 6.49. The molecular formula is C18H24Cl2N4O. The molecule has 136 valence electrons.